The number of nitrogens with one attached hydrogen (secondary N) is 1. The Hall–Kier alpha value is -2.87. The third kappa shape index (κ3) is 3.88. The van der Waals surface area contributed by atoms with Gasteiger partial charge in [0, 0.05) is 11.6 Å². The van der Waals surface area contributed by atoms with Gasteiger partial charge in [0.2, 0.25) is 0 Å². The summed E-state index contributed by atoms with van der Waals surface area (Å²) >= 11 is 12.0. The molecule has 1 aliphatic rings. The molecule has 0 saturated carbocycles. The van der Waals surface area contributed by atoms with E-state index in [1.165, 1.54) is 18.2 Å². The lowest BCUT2D eigenvalue weighted by Crippen LogP contribution is -2.45. The maximum Gasteiger partial charge on any atom is 0.325 e. The van der Waals surface area contributed by atoms with Crippen molar-refractivity contribution >= 4 is 45.0 Å². The van der Waals surface area contributed by atoms with Crippen LogP contribution in [0.4, 0.5) is 4.79 Å². The van der Waals surface area contributed by atoms with E-state index >= 15 is 0 Å². The quantitative estimate of drug-likeness (QED) is 0.525. The summed E-state index contributed by atoms with van der Waals surface area (Å²) in [6.45, 7) is -0.336. The largest absolute Gasteiger partial charge is 0.325 e. The van der Waals surface area contributed by atoms with Crippen LogP contribution in [0.15, 0.2) is 83.8 Å². The van der Waals surface area contributed by atoms with E-state index in [-0.39, 0.29) is 21.5 Å². The van der Waals surface area contributed by atoms with E-state index in [0.29, 0.717) is 11.1 Å². The third-order valence-corrected chi connectivity index (χ3v) is 7.74. The smallest absolute Gasteiger partial charge is 0.315 e. The normalized spacial score (nSPS) is 15.6. The highest BCUT2D eigenvalue weighted by Gasteiger charge is 2.53. The zero-order valence-electron chi connectivity index (χ0n) is 16.7. The fourth-order valence-corrected chi connectivity index (χ4v) is 5.77. The van der Waals surface area contributed by atoms with Crippen molar-refractivity contribution in [1.82, 2.24) is 10.2 Å². The molecule has 0 aromatic heterocycles. The maximum atomic E-state index is 13.6. The molecule has 6 nitrogen and oxygen atoms in total. The zero-order chi connectivity index (χ0) is 22.9. The first-order valence-corrected chi connectivity index (χ1v) is 12.1. The molecule has 0 atom stereocenters. The standard InChI is InChI=1S/C23H18Cl2N2O4S/c24-18-11-12-19(25)20(15-18)32(30,31)14-13-27-21(28)23(26-22(27)29,16-7-3-1-4-8-16)17-9-5-2-6-10-17/h1-12,15H,13-14H2,(H,26,29). The van der Waals surface area contributed by atoms with Crippen molar-refractivity contribution in [3.05, 3.63) is 100 Å². The van der Waals surface area contributed by atoms with Gasteiger partial charge in [0.15, 0.2) is 15.4 Å². The molecule has 9 heteroatoms. The summed E-state index contributed by atoms with van der Waals surface area (Å²) in [5, 5.41) is 3.03. The van der Waals surface area contributed by atoms with E-state index in [1.54, 1.807) is 48.5 Å². The number of urea groups is 1. The van der Waals surface area contributed by atoms with Gasteiger partial charge in [-0.2, -0.15) is 0 Å². The number of benzene rings is 3. The molecule has 3 aromatic rings. The molecule has 0 radical (unpaired) electrons. The molecule has 3 amide bonds. The fraction of sp³-hybridized carbons (Fsp3) is 0.130. The number of amides is 3. The van der Waals surface area contributed by atoms with Crippen LogP contribution in [0.5, 0.6) is 0 Å². The van der Waals surface area contributed by atoms with Crippen molar-refractivity contribution in [2.45, 2.75) is 10.4 Å². The van der Waals surface area contributed by atoms with E-state index in [1.807, 2.05) is 12.1 Å². The lowest BCUT2D eigenvalue weighted by molar-refractivity contribution is -0.130. The highest BCUT2D eigenvalue weighted by Crippen LogP contribution is 2.36. The van der Waals surface area contributed by atoms with Crippen LogP contribution in [-0.2, 0) is 20.2 Å². The van der Waals surface area contributed by atoms with Crippen LogP contribution >= 0.6 is 23.2 Å². The van der Waals surface area contributed by atoms with Crippen LogP contribution in [0, 0.1) is 0 Å². The molecule has 1 aliphatic heterocycles. The van der Waals surface area contributed by atoms with E-state index in [0.717, 1.165) is 4.90 Å². The Kier molecular flexibility index (Phi) is 5.99. The Morgan fingerprint density at radius 3 is 1.97 bits per heavy atom. The first-order valence-electron chi connectivity index (χ1n) is 9.69. The van der Waals surface area contributed by atoms with Gasteiger partial charge in [-0.25, -0.2) is 13.2 Å². The molecule has 1 fully saturated rings. The predicted molar refractivity (Wildman–Crippen MR) is 122 cm³/mol. The van der Waals surface area contributed by atoms with Gasteiger partial charge in [-0.1, -0.05) is 83.9 Å². The second-order valence-electron chi connectivity index (χ2n) is 7.26. The van der Waals surface area contributed by atoms with Crippen LogP contribution in [0.3, 0.4) is 0 Å². The second-order valence-corrected chi connectivity index (χ2v) is 10.2. The highest BCUT2D eigenvalue weighted by atomic mass is 35.5. The van der Waals surface area contributed by atoms with Crippen molar-refractivity contribution in [3.8, 4) is 0 Å². The molecule has 0 spiro atoms. The number of imide groups is 1. The number of hydrogen-bond donors (Lipinski definition) is 1. The summed E-state index contributed by atoms with van der Waals surface area (Å²) in [4.78, 5) is 27.3. The number of sulfone groups is 1. The SMILES string of the molecule is O=C1NC(c2ccccc2)(c2ccccc2)C(=O)N1CCS(=O)(=O)c1cc(Cl)ccc1Cl. The molecule has 3 aromatic carbocycles. The van der Waals surface area contributed by atoms with Gasteiger partial charge >= 0.3 is 6.03 Å². The summed E-state index contributed by atoms with van der Waals surface area (Å²) in [5.41, 5.74) is -0.294. The highest BCUT2D eigenvalue weighted by molar-refractivity contribution is 7.91. The van der Waals surface area contributed by atoms with E-state index < -0.39 is 33.1 Å². The van der Waals surface area contributed by atoms with Gasteiger partial charge in [0.25, 0.3) is 5.91 Å². The van der Waals surface area contributed by atoms with Crippen LogP contribution < -0.4 is 5.32 Å². The van der Waals surface area contributed by atoms with Crippen molar-refractivity contribution in [1.29, 1.82) is 0 Å². The number of halogens is 2. The van der Waals surface area contributed by atoms with E-state index in [4.69, 9.17) is 23.2 Å². The minimum Gasteiger partial charge on any atom is -0.315 e. The molecular formula is C23H18Cl2N2O4S. The monoisotopic (exact) mass is 488 g/mol. The van der Waals surface area contributed by atoms with Crippen LogP contribution in [-0.4, -0.2) is 37.6 Å². The van der Waals surface area contributed by atoms with Gasteiger partial charge in [-0.3, -0.25) is 9.69 Å². The zero-order valence-corrected chi connectivity index (χ0v) is 19.0. The lowest BCUT2D eigenvalue weighted by atomic mass is 9.82. The molecule has 32 heavy (non-hydrogen) atoms. The number of hydrogen-bond acceptors (Lipinski definition) is 4. The Morgan fingerprint density at radius 2 is 1.41 bits per heavy atom. The minimum atomic E-state index is -3.90. The van der Waals surface area contributed by atoms with Gasteiger partial charge < -0.3 is 5.32 Å². The Balaban J connectivity index is 1.68. The Labute approximate surface area is 195 Å². The average molecular weight is 489 g/mol. The lowest BCUT2D eigenvalue weighted by Gasteiger charge is -2.28. The molecule has 1 N–H and O–H groups in total. The third-order valence-electron chi connectivity index (χ3n) is 5.33. The van der Waals surface area contributed by atoms with Gasteiger partial charge in [-0.05, 0) is 29.3 Å². The van der Waals surface area contributed by atoms with Crippen molar-refractivity contribution < 1.29 is 18.0 Å². The fourth-order valence-electron chi connectivity index (χ4n) is 3.75. The van der Waals surface area contributed by atoms with Crippen LogP contribution in [0.25, 0.3) is 0 Å². The molecule has 0 aliphatic carbocycles. The molecule has 0 unspecified atom stereocenters. The summed E-state index contributed by atoms with van der Waals surface area (Å²) in [6, 6.07) is 21.1. The predicted octanol–water partition coefficient (Wildman–Crippen LogP) is 4.26. The van der Waals surface area contributed by atoms with Gasteiger partial charge in [0.05, 0.1) is 15.7 Å². The second kappa shape index (κ2) is 8.58. The first kappa shape index (κ1) is 22.3. The molecule has 0 bridgehead atoms. The maximum absolute atomic E-state index is 13.6. The molecule has 1 saturated heterocycles. The Morgan fingerprint density at radius 1 is 0.844 bits per heavy atom. The number of nitrogens with zero attached hydrogens (tertiary/aromatic N) is 1. The number of carbonyl (C=O) groups excluding carboxylic acids is 2. The van der Waals surface area contributed by atoms with Crippen molar-refractivity contribution in [2.75, 3.05) is 12.3 Å². The molecule has 1 heterocycles. The van der Waals surface area contributed by atoms with Gasteiger partial charge in [0.1, 0.15) is 0 Å². The number of rotatable bonds is 6. The van der Waals surface area contributed by atoms with Crippen molar-refractivity contribution in [3.63, 3.8) is 0 Å². The average Bonchev–Trinajstić information content (AvgIpc) is 3.05. The van der Waals surface area contributed by atoms with Gasteiger partial charge in [-0.15, -0.1) is 0 Å². The van der Waals surface area contributed by atoms with Crippen LogP contribution in [0.2, 0.25) is 10.0 Å². The number of carbonyl (C=O) groups is 2. The van der Waals surface area contributed by atoms with E-state index in [9.17, 15) is 18.0 Å². The summed E-state index contributed by atoms with van der Waals surface area (Å²) in [6.07, 6.45) is 0. The van der Waals surface area contributed by atoms with Crippen molar-refractivity contribution in [2.24, 2.45) is 0 Å². The molecule has 164 valence electrons. The summed E-state index contributed by atoms with van der Waals surface area (Å²) in [5.74, 6) is -1.04. The minimum absolute atomic E-state index is 0.0227. The van der Waals surface area contributed by atoms with Crippen LogP contribution in [0.1, 0.15) is 11.1 Å². The molecular weight excluding hydrogens is 471 g/mol. The summed E-state index contributed by atoms with van der Waals surface area (Å²) < 4.78 is 25.7. The first-order chi connectivity index (χ1) is 15.3. The summed E-state index contributed by atoms with van der Waals surface area (Å²) in [7, 11) is -3.90. The Bertz CT molecular complexity index is 1240. The molecule has 4 rings (SSSR count). The topological polar surface area (TPSA) is 83.6 Å². The van der Waals surface area contributed by atoms with E-state index in [2.05, 4.69) is 5.32 Å².